The summed E-state index contributed by atoms with van der Waals surface area (Å²) in [5, 5.41) is 2.76. The number of benzene rings is 1. The molecule has 0 radical (unpaired) electrons. The molecule has 3 nitrogen and oxygen atoms in total. The average molecular weight is 206 g/mol. The van der Waals surface area contributed by atoms with Gasteiger partial charge >= 0.3 is 0 Å². The van der Waals surface area contributed by atoms with Crippen LogP contribution in [0.3, 0.4) is 0 Å². The second-order valence-electron chi connectivity index (χ2n) is 3.57. The van der Waals surface area contributed by atoms with Crippen molar-refractivity contribution >= 4 is 5.91 Å². The molecule has 0 saturated heterocycles. The van der Waals surface area contributed by atoms with E-state index >= 15 is 0 Å². The van der Waals surface area contributed by atoms with E-state index in [4.69, 9.17) is 5.73 Å². The third-order valence-corrected chi connectivity index (χ3v) is 2.35. The molecule has 15 heavy (non-hydrogen) atoms. The normalized spacial score (nSPS) is 10.0. The Morgan fingerprint density at radius 1 is 1.40 bits per heavy atom. The van der Waals surface area contributed by atoms with Crippen LogP contribution in [0.15, 0.2) is 24.3 Å². The molecule has 3 N–H and O–H groups in total. The molecule has 1 amide bonds. The lowest BCUT2D eigenvalue weighted by molar-refractivity contribution is -0.120. The minimum atomic E-state index is 0.0729. The quantitative estimate of drug-likeness (QED) is 0.755. The van der Waals surface area contributed by atoms with Crippen LogP contribution < -0.4 is 11.1 Å². The van der Waals surface area contributed by atoms with Gasteiger partial charge in [-0.15, -0.1) is 0 Å². The fourth-order valence-corrected chi connectivity index (χ4v) is 1.44. The van der Waals surface area contributed by atoms with Crippen LogP contribution in [0.25, 0.3) is 0 Å². The number of nitrogens with one attached hydrogen (secondary N) is 1. The number of carbonyl (C=O) groups is 1. The van der Waals surface area contributed by atoms with Gasteiger partial charge in [0.2, 0.25) is 5.91 Å². The van der Waals surface area contributed by atoms with Gasteiger partial charge in [-0.3, -0.25) is 4.79 Å². The van der Waals surface area contributed by atoms with Crippen LogP contribution in [0.2, 0.25) is 0 Å². The van der Waals surface area contributed by atoms with E-state index in [-0.39, 0.29) is 5.91 Å². The Bertz CT molecular complexity index is 323. The van der Waals surface area contributed by atoms with E-state index in [1.807, 2.05) is 12.1 Å². The van der Waals surface area contributed by atoms with Gasteiger partial charge in [0.05, 0.1) is 0 Å². The minimum absolute atomic E-state index is 0.0729. The van der Waals surface area contributed by atoms with E-state index < -0.39 is 0 Å². The number of aryl methyl sites for hydroxylation is 2. The molecule has 3 heteroatoms. The molecule has 0 bridgehead atoms. The van der Waals surface area contributed by atoms with Crippen molar-refractivity contribution in [3.8, 4) is 0 Å². The van der Waals surface area contributed by atoms with E-state index in [0.29, 0.717) is 19.5 Å². The molecule has 0 heterocycles. The molecular weight excluding hydrogens is 188 g/mol. The Kier molecular flexibility index (Phi) is 4.84. The molecule has 0 saturated carbocycles. The smallest absolute Gasteiger partial charge is 0.220 e. The second-order valence-corrected chi connectivity index (χ2v) is 3.57. The van der Waals surface area contributed by atoms with Gasteiger partial charge in [0, 0.05) is 19.5 Å². The van der Waals surface area contributed by atoms with Gasteiger partial charge in [-0.2, -0.15) is 0 Å². The number of hydrogen-bond acceptors (Lipinski definition) is 2. The monoisotopic (exact) mass is 206 g/mol. The highest BCUT2D eigenvalue weighted by Crippen LogP contribution is 2.09. The summed E-state index contributed by atoms with van der Waals surface area (Å²) in [6.45, 7) is 3.12. The predicted molar refractivity (Wildman–Crippen MR) is 61.6 cm³/mol. The zero-order chi connectivity index (χ0) is 11.1. The molecule has 0 spiro atoms. The van der Waals surface area contributed by atoms with Crippen molar-refractivity contribution in [1.82, 2.24) is 5.32 Å². The molecule has 0 aromatic heterocycles. The van der Waals surface area contributed by atoms with E-state index in [2.05, 4.69) is 24.4 Å². The van der Waals surface area contributed by atoms with Crippen LogP contribution in [-0.4, -0.2) is 19.0 Å². The van der Waals surface area contributed by atoms with E-state index in [0.717, 1.165) is 6.42 Å². The zero-order valence-electron chi connectivity index (χ0n) is 9.12. The number of carbonyl (C=O) groups excluding carboxylic acids is 1. The van der Waals surface area contributed by atoms with Gasteiger partial charge in [-0.1, -0.05) is 24.3 Å². The lowest BCUT2D eigenvalue weighted by atomic mass is 10.0. The Morgan fingerprint density at radius 2 is 2.13 bits per heavy atom. The standard InChI is InChI=1S/C12H18N2O/c1-10-4-2-3-5-11(10)6-7-12(15)14-9-8-13/h2-5H,6-9,13H2,1H3,(H,14,15). The Labute approximate surface area is 90.7 Å². The Balaban J connectivity index is 2.37. The molecular formula is C12H18N2O. The molecule has 0 fully saturated rings. The maximum Gasteiger partial charge on any atom is 0.220 e. The second kappa shape index (κ2) is 6.19. The fourth-order valence-electron chi connectivity index (χ4n) is 1.44. The van der Waals surface area contributed by atoms with Crippen molar-refractivity contribution in [3.05, 3.63) is 35.4 Å². The van der Waals surface area contributed by atoms with Crippen molar-refractivity contribution in [3.63, 3.8) is 0 Å². The molecule has 1 aromatic carbocycles. The van der Waals surface area contributed by atoms with Crippen molar-refractivity contribution in [2.45, 2.75) is 19.8 Å². The van der Waals surface area contributed by atoms with Crippen LogP contribution in [0.1, 0.15) is 17.5 Å². The van der Waals surface area contributed by atoms with Crippen LogP contribution in [0.4, 0.5) is 0 Å². The Hall–Kier alpha value is -1.35. The zero-order valence-corrected chi connectivity index (χ0v) is 9.12. The summed E-state index contributed by atoms with van der Waals surface area (Å²) in [7, 11) is 0. The minimum Gasteiger partial charge on any atom is -0.355 e. The average Bonchev–Trinajstić information content (AvgIpc) is 2.25. The summed E-state index contributed by atoms with van der Waals surface area (Å²) in [4.78, 5) is 11.3. The molecule has 0 aliphatic rings. The largest absolute Gasteiger partial charge is 0.355 e. The highest BCUT2D eigenvalue weighted by molar-refractivity contribution is 5.76. The lowest BCUT2D eigenvalue weighted by Crippen LogP contribution is -2.29. The van der Waals surface area contributed by atoms with Crippen LogP contribution in [-0.2, 0) is 11.2 Å². The first-order valence-electron chi connectivity index (χ1n) is 5.25. The molecule has 0 aliphatic heterocycles. The molecule has 0 unspecified atom stereocenters. The van der Waals surface area contributed by atoms with Gasteiger partial charge in [-0.25, -0.2) is 0 Å². The molecule has 82 valence electrons. The maximum atomic E-state index is 11.3. The number of nitrogens with two attached hydrogens (primary N) is 1. The summed E-state index contributed by atoms with van der Waals surface area (Å²) < 4.78 is 0. The third-order valence-electron chi connectivity index (χ3n) is 2.35. The highest BCUT2D eigenvalue weighted by Gasteiger charge is 2.02. The van der Waals surface area contributed by atoms with Crippen LogP contribution in [0.5, 0.6) is 0 Å². The van der Waals surface area contributed by atoms with E-state index in [1.54, 1.807) is 0 Å². The first-order chi connectivity index (χ1) is 7.24. The van der Waals surface area contributed by atoms with E-state index in [9.17, 15) is 4.79 Å². The molecule has 1 rings (SSSR count). The molecule has 1 aromatic rings. The molecule has 0 atom stereocenters. The van der Waals surface area contributed by atoms with Crippen molar-refractivity contribution < 1.29 is 4.79 Å². The van der Waals surface area contributed by atoms with Crippen LogP contribution >= 0.6 is 0 Å². The van der Waals surface area contributed by atoms with E-state index in [1.165, 1.54) is 11.1 Å². The first-order valence-corrected chi connectivity index (χ1v) is 5.25. The summed E-state index contributed by atoms with van der Waals surface area (Å²) in [5.41, 5.74) is 7.77. The number of hydrogen-bond donors (Lipinski definition) is 2. The fraction of sp³-hybridized carbons (Fsp3) is 0.417. The predicted octanol–water partition coefficient (Wildman–Crippen LogP) is 1.00. The maximum absolute atomic E-state index is 11.3. The lowest BCUT2D eigenvalue weighted by Gasteiger charge is -2.05. The van der Waals surface area contributed by atoms with Gasteiger partial charge in [0.1, 0.15) is 0 Å². The summed E-state index contributed by atoms with van der Waals surface area (Å²) in [6.07, 6.45) is 1.33. The van der Waals surface area contributed by atoms with Gasteiger partial charge in [0.15, 0.2) is 0 Å². The number of amides is 1. The van der Waals surface area contributed by atoms with Crippen molar-refractivity contribution in [1.29, 1.82) is 0 Å². The summed E-state index contributed by atoms with van der Waals surface area (Å²) in [5.74, 6) is 0.0729. The highest BCUT2D eigenvalue weighted by atomic mass is 16.1. The van der Waals surface area contributed by atoms with Gasteiger partial charge in [0.25, 0.3) is 0 Å². The summed E-state index contributed by atoms with van der Waals surface area (Å²) >= 11 is 0. The summed E-state index contributed by atoms with van der Waals surface area (Å²) in [6, 6.07) is 8.13. The van der Waals surface area contributed by atoms with Gasteiger partial charge < -0.3 is 11.1 Å². The van der Waals surface area contributed by atoms with Crippen molar-refractivity contribution in [2.75, 3.05) is 13.1 Å². The first kappa shape index (κ1) is 11.7. The Morgan fingerprint density at radius 3 is 2.80 bits per heavy atom. The van der Waals surface area contributed by atoms with Gasteiger partial charge in [-0.05, 0) is 24.5 Å². The third kappa shape index (κ3) is 4.13. The van der Waals surface area contributed by atoms with Crippen LogP contribution in [0, 0.1) is 6.92 Å². The topological polar surface area (TPSA) is 55.1 Å². The SMILES string of the molecule is Cc1ccccc1CCC(=O)NCCN. The number of rotatable bonds is 5. The molecule has 0 aliphatic carbocycles. The van der Waals surface area contributed by atoms with Crippen molar-refractivity contribution in [2.24, 2.45) is 5.73 Å².